The molecule has 3 aromatic heterocycles. The van der Waals surface area contributed by atoms with Gasteiger partial charge in [0.2, 0.25) is 0 Å². The van der Waals surface area contributed by atoms with Crippen LogP contribution in [0.1, 0.15) is 339 Å². The van der Waals surface area contributed by atoms with E-state index in [1.807, 2.05) is 0 Å². The largest absolute Gasteiger partial charge is 0.489 e. The standard InChI is InChI=1S/C108H158N4O8/c1-17-33-41-77(25-9)69-113-97-61-49-85(65-101(97)117-73-81(29-13)45-37-21-5)105-89-53-55-91(109-89)106(86-50-62-98(114-70-78(26-10)42-34-18-2)102(66-86)118-74-82(30-14)46-38-22-6)93-57-59-95(111-93)108(88-52-64-100(116-72-80(28-12)44-36-20-4)104(68-88)120-76-84(32-16)48-40-24-8)96-60-58-94(112-96)107(92-56-54-90(105)110-92)87-51-63-99(115-71-79(27-11)43-35-19-3)103(67-87)119-75-83(31-15)47-39-23-7/h49-68,77-84,109,112H,17-48,69-76H2,1-16H3. The highest BCUT2D eigenvalue weighted by Crippen LogP contribution is 2.46. The molecule has 8 atom stereocenters. The molecular formula is C108H158N4O8. The maximum atomic E-state index is 7.16. The lowest BCUT2D eigenvalue weighted by atomic mass is 10.00. The molecule has 0 saturated heterocycles. The van der Waals surface area contributed by atoms with Gasteiger partial charge in [0.15, 0.2) is 46.0 Å². The van der Waals surface area contributed by atoms with E-state index in [9.17, 15) is 0 Å². The Kier molecular flexibility index (Phi) is 41.8. The lowest BCUT2D eigenvalue weighted by Gasteiger charge is -2.21. The molecule has 9 rings (SSSR count). The maximum Gasteiger partial charge on any atom is 0.161 e. The summed E-state index contributed by atoms with van der Waals surface area (Å²) in [5, 5.41) is 0. The zero-order chi connectivity index (χ0) is 85.4. The molecule has 658 valence electrons. The number of hydrogen-bond acceptors (Lipinski definition) is 10. The van der Waals surface area contributed by atoms with Gasteiger partial charge in [0.1, 0.15) is 0 Å². The number of hydrogen-bond donors (Lipinski definition) is 2. The van der Waals surface area contributed by atoms with Gasteiger partial charge in [-0.05, 0) is 218 Å². The van der Waals surface area contributed by atoms with Gasteiger partial charge in [-0.1, -0.05) is 289 Å². The van der Waals surface area contributed by atoms with Crippen molar-refractivity contribution >= 4 is 46.4 Å². The summed E-state index contributed by atoms with van der Waals surface area (Å²) in [5.41, 5.74) is 14.2. The number of H-pyrrole nitrogens is 2. The second-order valence-electron chi connectivity index (χ2n) is 35.0. The third kappa shape index (κ3) is 28.0. The highest BCUT2D eigenvalue weighted by Gasteiger charge is 2.27. The van der Waals surface area contributed by atoms with Crippen LogP contribution in [0.4, 0.5) is 0 Å². The van der Waals surface area contributed by atoms with Crippen LogP contribution in [0.15, 0.2) is 97.1 Å². The summed E-state index contributed by atoms with van der Waals surface area (Å²) in [7, 11) is 0. The van der Waals surface area contributed by atoms with Crippen LogP contribution in [0, 0.1) is 47.3 Å². The van der Waals surface area contributed by atoms with Crippen molar-refractivity contribution in [1.29, 1.82) is 0 Å². The fourth-order valence-electron chi connectivity index (χ4n) is 16.8. The fraction of sp³-hybridized carbons (Fsp3) is 0.593. The molecule has 12 heteroatoms. The first-order valence-electron chi connectivity index (χ1n) is 48.5. The number of nitrogens with one attached hydrogen (secondary N) is 2. The van der Waals surface area contributed by atoms with Gasteiger partial charge in [-0.2, -0.15) is 0 Å². The van der Waals surface area contributed by atoms with Gasteiger partial charge in [-0.15, -0.1) is 0 Å². The Morgan fingerprint density at radius 2 is 0.383 bits per heavy atom. The van der Waals surface area contributed by atoms with Gasteiger partial charge < -0.3 is 47.9 Å². The van der Waals surface area contributed by atoms with E-state index in [0.717, 1.165) is 315 Å². The van der Waals surface area contributed by atoms with E-state index < -0.39 is 0 Å². The van der Waals surface area contributed by atoms with Gasteiger partial charge in [0, 0.05) is 44.3 Å². The van der Waals surface area contributed by atoms with E-state index in [1.165, 1.54) is 25.7 Å². The first-order valence-corrected chi connectivity index (χ1v) is 48.5. The van der Waals surface area contributed by atoms with E-state index in [0.29, 0.717) is 100 Å². The van der Waals surface area contributed by atoms with E-state index >= 15 is 0 Å². The quantitative estimate of drug-likeness (QED) is 0.0380. The van der Waals surface area contributed by atoms with E-state index in [4.69, 9.17) is 47.9 Å². The van der Waals surface area contributed by atoms with Crippen LogP contribution in [0.3, 0.4) is 0 Å². The Labute approximate surface area is 726 Å². The molecule has 12 nitrogen and oxygen atoms in total. The van der Waals surface area contributed by atoms with Gasteiger partial charge in [0.25, 0.3) is 0 Å². The second kappa shape index (κ2) is 52.4. The minimum atomic E-state index is 0.397. The van der Waals surface area contributed by atoms with Crippen molar-refractivity contribution in [3.8, 4) is 90.5 Å². The van der Waals surface area contributed by atoms with Crippen LogP contribution in [-0.2, 0) is 0 Å². The van der Waals surface area contributed by atoms with Crippen LogP contribution < -0.4 is 37.9 Å². The number of unbranched alkanes of at least 4 members (excludes halogenated alkanes) is 8. The summed E-state index contributed by atoms with van der Waals surface area (Å²) in [6.07, 6.45) is 44.6. The molecule has 120 heavy (non-hydrogen) atoms. The Morgan fingerprint density at radius 1 is 0.217 bits per heavy atom. The van der Waals surface area contributed by atoms with E-state index in [1.54, 1.807) is 0 Å². The molecule has 0 radical (unpaired) electrons. The molecule has 2 aliphatic rings. The number of ether oxygens (including phenoxy) is 8. The van der Waals surface area contributed by atoms with Gasteiger partial charge in [-0.25, -0.2) is 9.97 Å². The van der Waals surface area contributed by atoms with Crippen LogP contribution in [-0.4, -0.2) is 72.8 Å². The normalized spacial score (nSPS) is 14.0. The highest BCUT2D eigenvalue weighted by atomic mass is 16.5. The van der Waals surface area contributed by atoms with Crippen LogP contribution in [0.25, 0.3) is 90.9 Å². The van der Waals surface area contributed by atoms with Crippen molar-refractivity contribution in [3.63, 3.8) is 0 Å². The van der Waals surface area contributed by atoms with Gasteiger partial charge in [0.05, 0.1) is 75.6 Å². The molecule has 0 aliphatic carbocycles. The van der Waals surface area contributed by atoms with Crippen molar-refractivity contribution in [2.24, 2.45) is 47.3 Å². The van der Waals surface area contributed by atoms with Crippen molar-refractivity contribution in [2.75, 3.05) is 52.9 Å². The van der Waals surface area contributed by atoms with Crippen molar-refractivity contribution in [2.45, 2.75) is 316 Å². The number of nitrogens with zero attached hydrogens (tertiary/aromatic N) is 2. The molecule has 0 spiro atoms. The minimum Gasteiger partial charge on any atom is -0.489 e. The van der Waals surface area contributed by atoms with Crippen LogP contribution in [0.2, 0.25) is 0 Å². The molecule has 0 saturated carbocycles. The molecule has 0 fully saturated rings. The molecule has 4 aromatic carbocycles. The average molecular weight is 1640 g/mol. The lowest BCUT2D eigenvalue weighted by Crippen LogP contribution is -2.14. The fourth-order valence-corrected chi connectivity index (χ4v) is 16.8. The SMILES string of the molecule is CCCCC(CC)COc1ccc(-c2c3nc(c(-c4ccc(OCC(CC)CCCC)c(OCC(CC)CCCC)c4)c4ccc([nH]4)c(-c4ccc(OCC(CC)CCCC)c(OCC(CC)CCCC)c4)c4nc(c(-c5ccc(OCC(CC)CCCC)c(OCC(CC)CCCC)c5)c5ccc2[nH]5)C=C4)C=C3)cc1OCC(CC)CCCC. The average Bonchev–Trinajstić information content (AvgIpc) is 1.60. The van der Waals surface area contributed by atoms with Crippen LogP contribution >= 0.6 is 0 Å². The molecule has 7 aromatic rings. The molecule has 0 amide bonds. The smallest absolute Gasteiger partial charge is 0.161 e. The maximum absolute atomic E-state index is 7.16. The third-order valence-electron chi connectivity index (χ3n) is 25.8. The van der Waals surface area contributed by atoms with Crippen LogP contribution in [0.5, 0.6) is 46.0 Å². The van der Waals surface area contributed by atoms with Gasteiger partial charge >= 0.3 is 0 Å². The summed E-state index contributed by atoms with van der Waals surface area (Å²) in [6, 6.07) is 35.3. The Hall–Kier alpha value is -8.12. The zero-order valence-corrected chi connectivity index (χ0v) is 77.6. The number of fused-ring (bicyclic) bond motifs is 8. The monoisotopic (exact) mass is 1640 g/mol. The summed E-state index contributed by atoms with van der Waals surface area (Å²) in [4.78, 5) is 20.2. The number of rotatable bonds is 60. The van der Waals surface area contributed by atoms with E-state index in [2.05, 4.69) is 242 Å². The molecular weight excluding hydrogens is 1480 g/mol. The Balaban J connectivity index is 1.42. The highest BCUT2D eigenvalue weighted by molar-refractivity contribution is 6.00. The van der Waals surface area contributed by atoms with E-state index in [-0.39, 0.29) is 0 Å². The lowest BCUT2D eigenvalue weighted by molar-refractivity contribution is 0.199. The predicted molar refractivity (Wildman–Crippen MR) is 511 cm³/mol. The number of aromatic nitrogens is 4. The predicted octanol–water partition coefficient (Wildman–Crippen LogP) is 32.1. The molecule has 2 aliphatic heterocycles. The molecule has 2 N–H and O–H groups in total. The van der Waals surface area contributed by atoms with Crippen molar-refractivity contribution in [1.82, 2.24) is 19.9 Å². The Bertz CT molecular complexity index is 3850. The summed E-state index contributed by atoms with van der Waals surface area (Å²) < 4.78 is 56.5. The third-order valence-corrected chi connectivity index (χ3v) is 25.8. The molecule has 5 heterocycles. The summed E-state index contributed by atoms with van der Waals surface area (Å²) in [6.45, 7) is 41.4. The Morgan fingerprint density at radius 3 is 0.542 bits per heavy atom. The van der Waals surface area contributed by atoms with Crippen molar-refractivity contribution in [3.05, 3.63) is 120 Å². The number of benzene rings is 4. The first-order chi connectivity index (χ1) is 58.8. The second-order valence-corrected chi connectivity index (χ2v) is 35.0. The summed E-state index contributed by atoms with van der Waals surface area (Å²) in [5.74, 6) is 9.35. The van der Waals surface area contributed by atoms with Crippen molar-refractivity contribution < 1.29 is 37.9 Å². The number of aromatic amines is 2. The van der Waals surface area contributed by atoms with Gasteiger partial charge in [-0.3, -0.25) is 0 Å². The first kappa shape index (κ1) is 95.7. The topological polar surface area (TPSA) is 131 Å². The molecule has 8 unspecified atom stereocenters. The zero-order valence-electron chi connectivity index (χ0n) is 77.6. The molecule has 8 bridgehead atoms. The summed E-state index contributed by atoms with van der Waals surface area (Å²) >= 11 is 0. The minimum absolute atomic E-state index is 0.397.